The van der Waals surface area contributed by atoms with Gasteiger partial charge in [-0.1, -0.05) is 37.6 Å². The third-order valence-electron chi connectivity index (χ3n) is 3.61. The van der Waals surface area contributed by atoms with E-state index in [2.05, 4.69) is 35.2 Å². The number of amides is 1. The predicted molar refractivity (Wildman–Crippen MR) is 108 cm³/mol. The van der Waals surface area contributed by atoms with Gasteiger partial charge in [0.15, 0.2) is 5.11 Å². The standard InChI is InChI=1S/C20H22FN3OS/c1-2-3-5-15-8-11-18(12-9-15)22-20(26)24-23-19(25)13-10-16-6-4-7-17(21)14-16/h4,6-14H,2-3,5H2,1H3,(H,23,25)(H2,22,24,26)/b13-10+. The quantitative estimate of drug-likeness (QED) is 0.405. The number of hydrazine groups is 1. The van der Waals surface area contributed by atoms with E-state index in [1.54, 1.807) is 12.1 Å². The van der Waals surface area contributed by atoms with Crippen LogP contribution in [0.15, 0.2) is 54.6 Å². The Labute approximate surface area is 158 Å². The molecule has 2 aromatic carbocycles. The summed E-state index contributed by atoms with van der Waals surface area (Å²) in [6.07, 6.45) is 6.22. The van der Waals surface area contributed by atoms with Crippen molar-refractivity contribution in [2.24, 2.45) is 0 Å². The maximum absolute atomic E-state index is 13.1. The lowest BCUT2D eigenvalue weighted by molar-refractivity contribution is -0.116. The molecule has 0 fully saturated rings. The summed E-state index contributed by atoms with van der Waals surface area (Å²) in [5, 5.41) is 3.27. The van der Waals surface area contributed by atoms with E-state index in [0.717, 1.165) is 12.1 Å². The number of nitrogens with one attached hydrogen (secondary N) is 3. The Morgan fingerprint density at radius 1 is 1.15 bits per heavy atom. The molecule has 0 saturated carbocycles. The molecule has 3 N–H and O–H groups in total. The SMILES string of the molecule is CCCCc1ccc(NC(=S)NNC(=O)/C=C/c2cccc(F)c2)cc1. The zero-order chi connectivity index (χ0) is 18.8. The van der Waals surface area contributed by atoms with Gasteiger partial charge in [-0.25, -0.2) is 4.39 Å². The second kappa shape index (κ2) is 10.3. The summed E-state index contributed by atoms with van der Waals surface area (Å²) in [7, 11) is 0. The zero-order valence-corrected chi connectivity index (χ0v) is 15.4. The number of benzene rings is 2. The molecule has 0 radical (unpaired) electrons. The summed E-state index contributed by atoms with van der Waals surface area (Å²) in [4.78, 5) is 11.8. The van der Waals surface area contributed by atoms with Crippen LogP contribution in [0.25, 0.3) is 6.08 Å². The molecule has 0 heterocycles. The van der Waals surface area contributed by atoms with E-state index >= 15 is 0 Å². The largest absolute Gasteiger partial charge is 0.331 e. The number of carbonyl (C=O) groups excluding carboxylic acids is 1. The van der Waals surface area contributed by atoms with Gasteiger partial charge in [-0.2, -0.15) is 0 Å². The first-order chi connectivity index (χ1) is 12.6. The van der Waals surface area contributed by atoms with Gasteiger partial charge in [0.05, 0.1) is 0 Å². The minimum Gasteiger partial charge on any atom is -0.331 e. The Morgan fingerprint density at radius 3 is 2.62 bits per heavy atom. The van der Waals surface area contributed by atoms with Crippen molar-refractivity contribution in [3.05, 3.63) is 71.6 Å². The van der Waals surface area contributed by atoms with Crippen LogP contribution in [0.2, 0.25) is 0 Å². The van der Waals surface area contributed by atoms with Gasteiger partial charge in [0, 0.05) is 11.8 Å². The van der Waals surface area contributed by atoms with Crippen LogP contribution >= 0.6 is 12.2 Å². The van der Waals surface area contributed by atoms with Crippen LogP contribution in [0.4, 0.5) is 10.1 Å². The van der Waals surface area contributed by atoms with Gasteiger partial charge in [-0.15, -0.1) is 0 Å². The maximum atomic E-state index is 13.1. The summed E-state index contributed by atoms with van der Waals surface area (Å²) in [6.45, 7) is 2.17. The van der Waals surface area contributed by atoms with E-state index in [-0.39, 0.29) is 10.9 Å². The first kappa shape index (κ1) is 19.6. The van der Waals surface area contributed by atoms with Gasteiger partial charge in [-0.3, -0.25) is 15.6 Å². The second-order valence-corrected chi connectivity index (χ2v) is 6.17. The van der Waals surface area contributed by atoms with Crippen molar-refractivity contribution < 1.29 is 9.18 Å². The molecule has 136 valence electrons. The molecule has 1 amide bonds. The minimum absolute atomic E-state index is 0.277. The van der Waals surface area contributed by atoms with Crippen LogP contribution in [0.5, 0.6) is 0 Å². The monoisotopic (exact) mass is 371 g/mol. The molecule has 0 aliphatic heterocycles. The number of aryl methyl sites for hydroxylation is 1. The molecule has 4 nitrogen and oxygen atoms in total. The van der Waals surface area contributed by atoms with Gasteiger partial charge in [0.25, 0.3) is 5.91 Å². The molecule has 26 heavy (non-hydrogen) atoms. The predicted octanol–water partition coefficient (Wildman–Crippen LogP) is 4.20. The summed E-state index contributed by atoms with van der Waals surface area (Å²) in [5.41, 5.74) is 7.80. The van der Waals surface area contributed by atoms with Gasteiger partial charge >= 0.3 is 0 Å². The number of halogens is 1. The lowest BCUT2D eigenvalue weighted by Crippen LogP contribution is -2.43. The van der Waals surface area contributed by atoms with Gasteiger partial charge in [0.1, 0.15) is 5.82 Å². The van der Waals surface area contributed by atoms with Crippen LogP contribution in [0.3, 0.4) is 0 Å². The van der Waals surface area contributed by atoms with Gasteiger partial charge in [0.2, 0.25) is 0 Å². The molecule has 0 saturated heterocycles. The fraction of sp³-hybridized carbons (Fsp3) is 0.200. The van der Waals surface area contributed by atoms with Crippen LogP contribution < -0.4 is 16.2 Å². The lowest BCUT2D eigenvalue weighted by Gasteiger charge is -2.11. The number of unbranched alkanes of at least 4 members (excludes halogenated alkanes) is 1. The molecular formula is C20H22FN3OS. The Balaban J connectivity index is 1.76. The van der Waals surface area contributed by atoms with E-state index in [4.69, 9.17) is 12.2 Å². The van der Waals surface area contributed by atoms with Crippen molar-refractivity contribution >= 4 is 35.0 Å². The highest BCUT2D eigenvalue weighted by Crippen LogP contribution is 2.11. The first-order valence-electron chi connectivity index (χ1n) is 8.46. The normalized spacial score (nSPS) is 10.5. The highest BCUT2D eigenvalue weighted by molar-refractivity contribution is 7.80. The molecule has 0 spiro atoms. The highest BCUT2D eigenvalue weighted by atomic mass is 32.1. The molecule has 0 aromatic heterocycles. The Hall–Kier alpha value is -2.73. The topological polar surface area (TPSA) is 53.2 Å². The number of thiocarbonyl (C=S) groups is 1. The van der Waals surface area contributed by atoms with E-state index < -0.39 is 5.91 Å². The van der Waals surface area contributed by atoms with E-state index in [0.29, 0.717) is 5.56 Å². The lowest BCUT2D eigenvalue weighted by atomic mass is 10.1. The summed E-state index contributed by atoms with van der Waals surface area (Å²) in [5.74, 6) is -0.745. The molecular weight excluding hydrogens is 349 g/mol. The van der Waals surface area contributed by atoms with Crippen LogP contribution in [-0.2, 0) is 11.2 Å². The minimum atomic E-state index is -0.395. The first-order valence-corrected chi connectivity index (χ1v) is 8.87. The van der Waals surface area contributed by atoms with Crippen molar-refractivity contribution in [2.45, 2.75) is 26.2 Å². The summed E-state index contributed by atoms with van der Waals surface area (Å²) < 4.78 is 13.1. The van der Waals surface area contributed by atoms with Gasteiger partial charge < -0.3 is 5.32 Å². The average Bonchev–Trinajstić information content (AvgIpc) is 2.64. The van der Waals surface area contributed by atoms with Crippen LogP contribution in [0, 0.1) is 5.82 Å². The summed E-state index contributed by atoms with van der Waals surface area (Å²) >= 11 is 5.14. The van der Waals surface area contributed by atoms with E-state index in [9.17, 15) is 9.18 Å². The molecule has 0 aliphatic carbocycles. The Morgan fingerprint density at radius 2 is 1.92 bits per heavy atom. The second-order valence-electron chi connectivity index (χ2n) is 5.76. The molecule has 2 aromatic rings. The van der Waals surface area contributed by atoms with Crippen LogP contribution in [-0.4, -0.2) is 11.0 Å². The van der Waals surface area contributed by atoms with Crippen molar-refractivity contribution in [1.29, 1.82) is 0 Å². The molecule has 0 aliphatic rings. The molecule has 0 bridgehead atoms. The van der Waals surface area contributed by atoms with Crippen molar-refractivity contribution in [2.75, 3.05) is 5.32 Å². The Bertz CT molecular complexity index is 775. The fourth-order valence-electron chi connectivity index (χ4n) is 2.24. The third kappa shape index (κ3) is 7.03. The smallest absolute Gasteiger partial charge is 0.262 e. The molecule has 6 heteroatoms. The van der Waals surface area contributed by atoms with E-state index in [1.165, 1.54) is 42.7 Å². The Kier molecular flexibility index (Phi) is 7.76. The average molecular weight is 371 g/mol. The van der Waals surface area contributed by atoms with Gasteiger partial charge in [-0.05, 0) is 66.5 Å². The molecule has 0 atom stereocenters. The molecule has 2 rings (SSSR count). The van der Waals surface area contributed by atoms with E-state index in [1.807, 2.05) is 12.1 Å². The van der Waals surface area contributed by atoms with Crippen molar-refractivity contribution in [1.82, 2.24) is 10.9 Å². The number of anilines is 1. The number of hydrogen-bond donors (Lipinski definition) is 3. The third-order valence-corrected chi connectivity index (χ3v) is 3.81. The molecule has 0 unspecified atom stereocenters. The number of rotatable bonds is 6. The fourth-order valence-corrected chi connectivity index (χ4v) is 2.41. The van der Waals surface area contributed by atoms with Crippen molar-refractivity contribution in [3.63, 3.8) is 0 Å². The number of hydrogen-bond acceptors (Lipinski definition) is 2. The summed E-state index contributed by atoms with van der Waals surface area (Å²) in [6, 6.07) is 14.0. The van der Waals surface area contributed by atoms with Crippen molar-refractivity contribution in [3.8, 4) is 0 Å². The van der Waals surface area contributed by atoms with Crippen LogP contribution in [0.1, 0.15) is 30.9 Å². The number of carbonyl (C=O) groups is 1. The highest BCUT2D eigenvalue weighted by Gasteiger charge is 2.00. The zero-order valence-electron chi connectivity index (χ0n) is 14.6. The maximum Gasteiger partial charge on any atom is 0.262 e.